The maximum absolute atomic E-state index is 13.0. The van der Waals surface area contributed by atoms with Crippen LogP contribution < -0.4 is 0 Å². The average Bonchev–Trinajstić information content (AvgIpc) is 2.64. The van der Waals surface area contributed by atoms with Crippen molar-refractivity contribution in [3.8, 4) is 5.69 Å². The molecule has 0 spiro atoms. The van der Waals surface area contributed by atoms with Gasteiger partial charge in [0, 0.05) is 11.8 Å². The van der Waals surface area contributed by atoms with Crippen molar-refractivity contribution in [2.45, 2.75) is 13.5 Å². The molecule has 0 amide bonds. The summed E-state index contributed by atoms with van der Waals surface area (Å²) in [5.74, 6) is -0.461. The van der Waals surface area contributed by atoms with Gasteiger partial charge in [-0.1, -0.05) is 11.6 Å². The monoisotopic (exact) mass is 240 g/mol. The molecule has 0 aliphatic carbocycles. The summed E-state index contributed by atoms with van der Waals surface area (Å²) < 4.78 is 14.5. The lowest BCUT2D eigenvalue weighted by atomic mass is 10.3. The molecule has 16 heavy (non-hydrogen) atoms. The van der Waals surface area contributed by atoms with Crippen LogP contribution in [-0.4, -0.2) is 14.9 Å². The smallest absolute Gasteiger partial charge is 0.141 e. The van der Waals surface area contributed by atoms with E-state index in [1.165, 1.54) is 12.1 Å². The van der Waals surface area contributed by atoms with Gasteiger partial charge in [-0.15, -0.1) is 0 Å². The first-order valence-corrected chi connectivity index (χ1v) is 5.11. The number of aromatic nitrogens is 2. The number of nitrogens with zero attached hydrogens (tertiary/aromatic N) is 2. The zero-order valence-electron chi connectivity index (χ0n) is 8.61. The quantitative estimate of drug-likeness (QED) is 0.876. The van der Waals surface area contributed by atoms with Gasteiger partial charge in [-0.3, -0.25) is 0 Å². The van der Waals surface area contributed by atoms with E-state index in [9.17, 15) is 4.39 Å². The molecule has 1 heterocycles. The molecule has 1 aromatic heterocycles. The third-order valence-corrected chi connectivity index (χ3v) is 2.63. The number of benzene rings is 1. The lowest BCUT2D eigenvalue weighted by Gasteiger charge is -2.01. The van der Waals surface area contributed by atoms with Gasteiger partial charge in [-0.2, -0.15) is 5.10 Å². The Labute approximate surface area is 97.1 Å². The molecule has 0 bridgehead atoms. The summed E-state index contributed by atoms with van der Waals surface area (Å²) in [6.07, 6.45) is 1.69. The Morgan fingerprint density at radius 2 is 2.25 bits per heavy atom. The minimum Gasteiger partial charge on any atom is -0.392 e. The second-order valence-corrected chi connectivity index (χ2v) is 3.85. The van der Waals surface area contributed by atoms with Crippen molar-refractivity contribution in [3.63, 3.8) is 0 Å². The molecular formula is C11H10ClFN2O. The van der Waals surface area contributed by atoms with Gasteiger partial charge in [0.05, 0.1) is 23.0 Å². The van der Waals surface area contributed by atoms with Crippen LogP contribution in [0.25, 0.3) is 5.69 Å². The first-order chi connectivity index (χ1) is 7.61. The zero-order chi connectivity index (χ0) is 11.7. The van der Waals surface area contributed by atoms with Crippen LogP contribution in [0.3, 0.4) is 0 Å². The van der Waals surface area contributed by atoms with Crippen molar-refractivity contribution in [2.75, 3.05) is 0 Å². The minimum absolute atomic E-state index is 0.0520. The molecule has 0 unspecified atom stereocenters. The van der Waals surface area contributed by atoms with Gasteiger partial charge >= 0.3 is 0 Å². The Bertz CT molecular complexity index is 525. The van der Waals surface area contributed by atoms with E-state index in [0.717, 1.165) is 11.3 Å². The highest BCUT2D eigenvalue weighted by Crippen LogP contribution is 2.19. The molecule has 0 atom stereocenters. The molecule has 0 radical (unpaired) electrons. The van der Waals surface area contributed by atoms with E-state index in [0.29, 0.717) is 5.69 Å². The Morgan fingerprint density at radius 3 is 2.81 bits per heavy atom. The summed E-state index contributed by atoms with van der Waals surface area (Å²) >= 11 is 5.68. The Hall–Kier alpha value is -1.39. The van der Waals surface area contributed by atoms with Gasteiger partial charge in [-0.25, -0.2) is 9.07 Å². The third kappa shape index (κ3) is 1.94. The number of rotatable bonds is 2. The fourth-order valence-electron chi connectivity index (χ4n) is 1.41. The topological polar surface area (TPSA) is 38.0 Å². The fraction of sp³-hybridized carbons (Fsp3) is 0.182. The van der Waals surface area contributed by atoms with E-state index in [-0.39, 0.29) is 11.6 Å². The van der Waals surface area contributed by atoms with Crippen LogP contribution in [0, 0.1) is 12.7 Å². The second kappa shape index (κ2) is 4.23. The maximum atomic E-state index is 13.0. The van der Waals surface area contributed by atoms with Crippen molar-refractivity contribution >= 4 is 11.6 Å². The summed E-state index contributed by atoms with van der Waals surface area (Å²) in [5.41, 5.74) is 2.14. The van der Waals surface area contributed by atoms with Crippen LogP contribution in [0.2, 0.25) is 5.02 Å². The van der Waals surface area contributed by atoms with Gasteiger partial charge < -0.3 is 5.11 Å². The number of hydrogen-bond acceptors (Lipinski definition) is 2. The van der Waals surface area contributed by atoms with Crippen LogP contribution in [0.1, 0.15) is 11.3 Å². The largest absolute Gasteiger partial charge is 0.392 e. The summed E-state index contributed by atoms with van der Waals surface area (Å²) in [7, 11) is 0. The number of aliphatic hydroxyl groups excluding tert-OH is 1. The van der Waals surface area contributed by atoms with Crippen molar-refractivity contribution in [1.82, 2.24) is 9.78 Å². The number of aryl methyl sites for hydroxylation is 1. The molecule has 0 aliphatic rings. The SMILES string of the molecule is Cc1nn(-c2ccc(F)c(Cl)c2)cc1CO. The van der Waals surface area contributed by atoms with Gasteiger partial charge in [0.25, 0.3) is 0 Å². The number of aliphatic hydroxyl groups is 1. The fourth-order valence-corrected chi connectivity index (χ4v) is 1.59. The van der Waals surface area contributed by atoms with Crippen molar-refractivity contribution in [3.05, 3.63) is 46.5 Å². The van der Waals surface area contributed by atoms with Crippen LogP contribution in [0.4, 0.5) is 4.39 Å². The molecule has 1 N–H and O–H groups in total. The molecule has 0 saturated heterocycles. The average molecular weight is 241 g/mol. The molecule has 0 fully saturated rings. The highest BCUT2D eigenvalue weighted by molar-refractivity contribution is 6.30. The zero-order valence-corrected chi connectivity index (χ0v) is 9.37. The predicted molar refractivity (Wildman–Crippen MR) is 59.2 cm³/mol. The Balaban J connectivity index is 2.46. The molecule has 0 aliphatic heterocycles. The molecule has 3 nitrogen and oxygen atoms in total. The molecular weight excluding hydrogens is 231 g/mol. The van der Waals surface area contributed by atoms with E-state index in [1.54, 1.807) is 23.9 Å². The normalized spacial score (nSPS) is 10.8. The molecule has 2 rings (SSSR count). The lowest BCUT2D eigenvalue weighted by molar-refractivity contribution is 0.281. The van der Waals surface area contributed by atoms with E-state index >= 15 is 0 Å². The van der Waals surface area contributed by atoms with Gasteiger partial charge in [0.15, 0.2) is 0 Å². The van der Waals surface area contributed by atoms with Gasteiger partial charge in [0.1, 0.15) is 5.82 Å². The number of halogens is 2. The maximum Gasteiger partial charge on any atom is 0.141 e. The summed E-state index contributed by atoms with van der Waals surface area (Å²) in [6, 6.07) is 4.35. The second-order valence-electron chi connectivity index (χ2n) is 3.44. The summed E-state index contributed by atoms with van der Waals surface area (Å²) in [6.45, 7) is 1.73. The van der Waals surface area contributed by atoms with Crippen LogP contribution in [0.15, 0.2) is 24.4 Å². The van der Waals surface area contributed by atoms with E-state index in [4.69, 9.17) is 16.7 Å². The van der Waals surface area contributed by atoms with Crippen molar-refractivity contribution in [1.29, 1.82) is 0 Å². The van der Waals surface area contributed by atoms with Gasteiger partial charge in [-0.05, 0) is 25.1 Å². The Morgan fingerprint density at radius 1 is 1.50 bits per heavy atom. The number of hydrogen-bond donors (Lipinski definition) is 1. The minimum atomic E-state index is -0.461. The first-order valence-electron chi connectivity index (χ1n) is 4.73. The van der Waals surface area contributed by atoms with Crippen LogP contribution in [-0.2, 0) is 6.61 Å². The van der Waals surface area contributed by atoms with E-state index in [2.05, 4.69) is 5.10 Å². The van der Waals surface area contributed by atoms with Crippen molar-refractivity contribution in [2.24, 2.45) is 0 Å². The van der Waals surface area contributed by atoms with Crippen molar-refractivity contribution < 1.29 is 9.50 Å². The highest BCUT2D eigenvalue weighted by Gasteiger charge is 2.07. The van der Waals surface area contributed by atoms with Gasteiger partial charge in [0.2, 0.25) is 0 Å². The summed E-state index contributed by atoms with van der Waals surface area (Å²) in [5, 5.41) is 13.3. The van der Waals surface area contributed by atoms with E-state index < -0.39 is 5.82 Å². The van der Waals surface area contributed by atoms with Crippen LogP contribution in [0.5, 0.6) is 0 Å². The predicted octanol–water partition coefficient (Wildman–Crippen LogP) is 2.47. The first kappa shape index (κ1) is 11.1. The lowest BCUT2D eigenvalue weighted by Crippen LogP contribution is -1.95. The van der Waals surface area contributed by atoms with E-state index in [1.807, 2.05) is 0 Å². The molecule has 0 saturated carbocycles. The molecule has 84 valence electrons. The molecule has 1 aromatic carbocycles. The van der Waals surface area contributed by atoms with Crippen LogP contribution >= 0.6 is 11.6 Å². The Kier molecular flexibility index (Phi) is 2.94. The molecule has 2 aromatic rings. The summed E-state index contributed by atoms with van der Waals surface area (Å²) in [4.78, 5) is 0. The third-order valence-electron chi connectivity index (χ3n) is 2.34. The highest BCUT2D eigenvalue weighted by atomic mass is 35.5. The molecule has 5 heteroatoms. The standard InChI is InChI=1S/C11H10ClFN2O/c1-7-8(6-16)5-15(14-7)9-2-3-11(13)10(12)4-9/h2-5,16H,6H2,1H3.